The number of anilines is 1. The molecule has 0 spiro atoms. The fourth-order valence-electron chi connectivity index (χ4n) is 8.43. The molecule has 0 N–H and O–H groups in total. The van der Waals surface area contributed by atoms with Crippen molar-refractivity contribution in [2.24, 2.45) is 5.92 Å². The molecule has 1 amide bonds. The molecule has 0 bridgehead atoms. The molecular weight excluding hydrogens is 595 g/mol. The number of amides is 1. The van der Waals surface area contributed by atoms with Crippen LogP contribution >= 0.6 is 0 Å². The lowest BCUT2D eigenvalue weighted by Crippen LogP contribution is -2.55. The van der Waals surface area contributed by atoms with Crippen molar-refractivity contribution in [2.75, 3.05) is 44.2 Å². The Labute approximate surface area is 264 Å². The van der Waals surface area contributed by atoms with Gasteiger partial charge in [-0.1, -0.05) is 24.8 Å². The lowest BCUT2D eigenvalue weighted by molar-refractivity contribution is -0.131. The number of nitrogens with zero attached hydrogens (tertiary/aromatic N) is 7. The number of hydrogen-bond donors (Lipinski definition) is 0. The van der Waals surface area contributed by atoms with Gasteiger partial charge in [-0.05, 0) is 55.2 Å². The molecule has 4 fully saturated rings. The minimum Gasteiger partial charge on any atom is -0.461 e. The van der Waals surface area contributed by atoms with Crippen LogP contribution in [0.3, 0.4) is 0 Å². The number of alkyl halides is 1. The Kier molecular flexibility index (Phi) is 6.94. The number of benzene rings is 1. The van der Waals surface area contributed by atoms with Gasteiger partial charge in [0.25, 0.3) is 5.91 Å². The molecule has 2 aliphatic carbocycles. The summed E-state index contributed by atoms with van der Waals surface area (Å²) in [5, 5.41) is 9.86. The maximum atomic E-state index is 16.7. The summed E-state index contributed by atoms with van der Waals surface area (Å²) >= 11 is 0. The van der Waals surface area contributed by atoms with E-state index in [1.807, 2.05) is 17.0 Å². The monoisotopic (exact) mass is 629 g/mol. The Hall–Kier alpha value is -4.24. The van der Waals surface area contributed by atoms with Crippen LogP contribution in [-0.4, -0.2) is 87.7 Å². The third kappa shape index (κ3) is 4.70. The predicted molar refractivity (Wildman–Crippen MR) is 164 cm³/mol. The van der Waals surface area contributed by atoms with E-state index in [2.05, 4.69) is 33.6 Å². The van der Waals surface area contributed by atoms with Gasteiger partial charge in [0, 0.05) is 44.4 Å². The van der Waals surface area contributed by atoms with Crippen molar-refractivity contribution in [3.63, 3.8) is 0 Å². The number of piperazine rings is 1. The molecule has 2 aromatic heterocycles. The zero-order valence-electron chi connectivity index (χ0n) is 25.4. The number of fused-ring (bicyclic) bond motifs is 5. The number of carbonyl (C=O) groups is 1. The Morgan fingerprint density at radius 1 is 1.22 bits per heavy atom. The van der Waals surface area contributed by atoms with E-state index >= 15 is 4.39 Å². The average Bonchev–Trinajstić information content (AvgIpc) is 3.39. The molecule has 5 atom stereocenters. The topological polar surface area (TPSA) is 98.5 Å². The number of aromatic nitrogens is 3. The maximum absolute atomic E-state index is 16.7. The highest BCUT2D eigenvalue weighted by molar-refractivity contribution is 5.93. The number of pyridine rings is 1. The second-order valence-corrected chi connectivity index (χ2v) is 13.4. The molecule has 8 rings (SSSR count). The second kappa shape index (κ2) is 10.9. The van der Waals surface area contributed by atoms with Gasteiger partial charge in [-0.3, -0.25) is 14.7 Å². The molecule has 12 heteroatoms. The highest BCUT2D eigenvalue weighted by Gasteiger charge is 2.50. The minimum atomic E-state index is -1.09. The highest BCUT2D eigenvalue weighted by Crippen LogP contribution is 2.57. The lowest BCUT2D eigenvalue weighted by atomic mass is 9.95. The summed E-state index contributed by atoms with van der Waals surface area (Å²) in [6.07, 6.45) is 4.79. The summed E-state index contributed by atoms with van der Waals surface area (Å²) < 4.78 is 51.2. The van der Waals surface area contributed by atoms with Crippen molar-refractivity contribution in [1.29, 1.82) is 5.26 Å². The Morgan fingerprint density at radius 2 is 2.09 bits per heavy atom. The molecule has 5 heterocycles. The van der Waals surface area contributed by atoms with E-state index in [1.165, 1.54) is 16.9 Å². The number of nitriles is 1. The molecule has 46 heavy (non-hydrogen) atoms. The number of carbonyl (C=O) groups excluding carboxylic acids is 1. The number of hydrogen-bond acceptors (Lipinski definition) is 8. The van der Waals surface area contributed by atoms with Crippen molar-refractivity contribution in [3.8, 4) is 23.3 Å². The van der Waals surface area contributed by atoms with Gasteiger partial charge in [0.05, 0.1) is 29.5 Å². The van der Waals surface area contributed by atoms with Gasteiger partial charge in [0.1, 0.15) is 29.8 Å². The Balaban J connectivity index is 1.19. The summed E-state index contributed by atoms with van der Waals surface area (Å²) in [5.41, 5.74) is 2.98. The van der Waals surface area contributed by atoms with Crippen LogP contribution in [0.2, 0.25) is 0 Å². The van der Waals surface area contributed by atoms with Crippen molar-refractivity contribution in [1.82, 2.24) is 24.8 Å². The van der Waals surface area contributed by atoms with Gasteiger partial charge in [-0.25, -0.2) is 13.2 Å². The summed E-state index contributed by atoms with van der Waals surface area (Å²) in [4.78, 5) is 31.7. The molecule has 238 valence electrons. The largest absolute Gasteiger partial charge is 0.461 e. The number of halogens is 3. The van der Waals surface area contributed by atoms with Gasteiger partial charge in [0.15, 0.2) is 11.6 Å². The predicted octanol–water partition coefficient (Wildman–Crippen LogP) is 4.86. The molecular formula is C34H34F3N7O2. The van der Waals surface area contributed by atoms with Crippen molar-refractivity contribution in [2.45, 2.75) is 62.2 Å². The quantitative estimate of drug-likeness (QED) is 0.342. The molecule has 1 aromatic carbocycles. The third-order valence-corrected chi connectivity index (χ3v) is 10.7. The third-order valence-electron chi connectivity index (χ3n) is 10.7. The van der Waals surface area contributed by atoms with E-state index in [9.17, 15) is 18.8 Å². The SMILES string of the molecule is C=C(F)C(=O)N1CCN(c2nc(OC[C@@]34CCCN3C[C@H](F)C4)nc3c(F)c(-c4cccc5c4CC4CC54)ncc23)C[C@@H]1CC#N. The van der Waals surface area contributed by atoms with Gasteiger partial charge in [0.2, 0.25) is 0 Å². The van der Waals surface area contributed by atoms with Crippen LogP contribution < -0.4 is 9.64 Å². The van der Waals surface area contributed by atoms with Gasteiger partial charge in [-0.15, -0.1) is 0 Å². The lowest BCUT2D eigenvalue weighted by Gasteiger charge is -2.41. The molecule has 3 saturated heterocycles. The van der Waals surface area contributed by atoms with Gasteiger partial charge in [-0.2, -0.15) is 15.2 Å². The maximum Gasteiger partial charge on any atom is 0.319 e. The Bertz CT molecular complexity index is 1810. The molecule has 2 unspecified atom stereocenters. The first-order chi connectivity index (χ1) is 22.3. The van der Waals surface area contributed by atoms with Crippen LogP contribution in [-0.2, 0) is 11.2 Å². The first kappa shape index (κ1) is 29.2. The smallest absolute Gasteiger partial charge is 0.319 e. The van der Waals surface area contributed by atoms with Gasteiger partial charge < -0.3 is 14.5 Å². The molecule has 3 aliphatic heterocycles. The first-order valence-corrected chi connectivity index (χ1v) is 16.0. The van der Waals surface area contributed by atoms with E-state index in [-0.39, 0.29) is 49.9 Å². The normalized spacial score (nSPS) is 28.1. The highest BCUT2D eigenvalue weighted by atomic mass is 19.1. The van der Waals surface area contributed by atoms with Crippen LogP contribution in [0.1, 0.15) is 49.1 Å². The van der Waals surface area contributed by atoms with E-state index in [1.54, 1.807) is 6.20 Å². The first-order valence-electron chi connectivity index (χ1n) is 16.0. The van der Waals surface area contributed by atoms with E-state index in [4.69, 9.17) is 9.72 Å². The van der Waals surface area contributed by atoms with Crippen molar-refractivity contribution < 1.29 is 22.7 Å². The summed E-state index contributed by atoms with van der Waals surface area (Å²) in [5.74, 6) is -1.02. The Morgan fingerprint density at radius 3 is 2.91 bits per heavy atom. The second-order valence-electron chi connectivity index (χ2n) is 13.4. The van der Waals surface area contributed by atoms with E-state index < -0.39 is 35.3 Å². The minimum absolute atomic E-state index is 0.0332. The zero-order valence-corrected chi connectivity index (χ0v) is 25.4. The number of rotatable bonds is 7. The van der Waals surface area contributed by atoms with Crippen molar-refractivity contribution >= 4 is 22.6 Å². The summed E-state index contributed by atoms with van der Waals surface area (Å²) in [6.45, 7) is 4.98. The van der Waals surface area contributed by atoms with Gasteiger partial charge >= 0.3 is 6.01 Å². The van der Waals surface area contributed by atoms with Crippen LogP contribution in [0.5, 0.6) is 6.01 Å². The summed E-state index contributed by atoms with van der Waals surface area (Å²) in [6, 6.07) is 7.39. The summed E-state index contributed by atoms with van der Waals surface area (Å²) in [7, 11) is 0. The van der Waals surface area contributed by atoms with E-state index in [0.29, 0.717) is 36.0 Å². The van der Waals surface area contributed by atoms with E-state index in [0.717, 1.165) is 36.9 Å². The van der Waals surface area contributed by atoms with Crippen LogP contribution in [0.25, 0.3) is 22.2 Å². The average molecular weight is 630 g/mol. The molecule has 3 aromatic rings. The fraction of sp³-hybridized carbons (Fsp3) is 0.500. The van der Waals surface area contributed by atoms with Crippen LogP contribution in [0, 0.1) is 23.1 Å². The van der Waals surface area contributed by atoms with Crippen molar-refractivity contribution in [3.05, 3.63) is 53.7 Å². The zero-order chi connectivity index (χ0) is 31.7. The van der Waals surface area contributed by atoms with Crippen LogP contribution in [0.4, 0.5) is 19.0 Å². The fourth-order valence-corrected chi connectivity index (χ4v) is 8.43. The number of ether oxygens (including phenoxy) is 1. The molecule has 1 saturated carbocycles. The molecule has 0 radical (unpaired) electrons. The van der Waals surface area contributed by atoms with Crippen LogP contribution in [0.15, 0.2) is 36.8 Å². The standard InChI is InChI=1S/C34H34F3N7O2/c1-19(35)32(45)44-11-10-42(17-22(44)6-8-38)31-27-15-39-29(24-5-2-4-23-25-12-20(25)13-26(23)24)28(37)30(27)40-33(41-31)46-18-34-7-3-9-43(34)16-21(36)14-34/h2,4-5,15,20-22,25H,1,3,6-7,9-14,16-18H2/t20?,21-,22+,25?,34+/m1/s1. The molecule has 9 nitrogen and oxygen atoms in total. The molecule has 5 aliphatic rings.